The minimum absolute atomic E-state index is 0.923. The molecular weight excluding hydrogens is 300 g/mol. The van der Waals surface area contributed by atoms with Gasteiger partial charge in [0, 0.05) is 24.1 Å². The highest BCUT2D eigenvalue weighted by Gasteiger charge is 2.21. The number of nitrogens with one attached hydrogen (secondary N) is 1. The highest BCUT2D eigenvalue weighted by Crippen LogP contribution is 2.25. The Morgan fingerprint density at radius 1 is 1.42 bits per heavy atom. The van der Waals surface area contributed by atoms with Crippen molar-refractivity contribution in [2.75, 3.05) is 20.1 Å². The van der Waals surface area contributed by atoms with E-state index in [1.54, 1.807) is 0 Å². The second-order valence-corrected chi connectivity index (χ2v) is 6.49. The number of hydrogen-bond acceptors (Lipinski definition) is 2. The van der Waals surface area contributed by atoms with Crippen LogP contribution >= 0.6 is 15.9 Å². The van der Waals surface area contributed by atoms with E-state index in [0.29, 0.717) is 0 Å². The van der Waals surface area contributed by atoms with E-state index in [-0.39, 0.29) is 0 Å². The van der Waals surface area contributed by atoms with Gasteiger partial charge in [-0.3, -0.25) is 4.90 Å². The summed E-state index contributed by atoms with van der Waals surface area (Å²) in [6, 6.07) is 6.74. The standard InChI is InChI=1S/C16H25BrN2/c1-3-4-13-7-8-19(11-13)12-15-6-5-14(10-18-2)9-16(15)17/h5-6,9,13,18H,3-4,7-8,10-12H2,1-2H3. The summed E-state index contributed by atoms with van der Waals surface area (Å²) in [6.07, 6.45) is 4.09. The first kappa shape index (κ1) is 15.0. The fourth-order valence-electron chi connectivity index (χ4n) is 2.97. The van der Waals surface area contributed by atoms with Crippen molar-refractivity contribution in [3.8, 4) is 0 Å². The van der Waals surface area contributed by atoms with Crippen LogP contribution in [0.5, 0.6) is 0 Å². The van der Waals surface area contributed by atoms with Crippen LogP contribution in [0.25, 0.3) is 0 Å². The van der Waals surface area contributed by atoms with Gasteiger partial charge in [-0.1, -0.05) is 41.4 Å². The fraction of sp³-hybridized carbons (Fsp3) is 0.625. The number of halogens is 1. The summed E-state index contributed by atoms with van der Waals surface area (Å²) in [4.78, 5) is 2.60. The van der Waals surface area contributed by atoms with E-state index in [1.165, 1.54) is 48.0 Å². The lowest BCUT2D eigenvalue weighted by molar-refractivity contribution is 0.312. The van der Waals surface area contributed by atoms with Gasteiger partial charge >= 0.3 is 0 Å². The van der Waals surface area contributed by atoms with Crippen molar-refractivity contribution in [2.24, 2.45) is 5.92 Å². The molecule has 2 nitrogen and oxygen atoms in total. The molecule has 0 aliphatic carbocycles. The Hall–Kier alpha value is -0.380. The first-order valence-electron chi connectivity index (χ1n) is 7.37. The van der Waals surface area contributed by atoms with E-state index in [9.17, 15) is 0 Å². The normalized spacial score (nSPS) is 20.1. The summed E-state index contributed by atoms with van der Waals surface area (Å²) >= 11 is 3.72. The molecule has 1 aromatic rings. The van der Waals surface area contributed by atoms with Gasteiger partial charge in [0.05, 0.1) is 0 Å². The third-order valence-electron chi connectivity index (χ3n) is 3.96. The van der Waals surface area contributed by atoms with Gasteiger partial charge in [-0.15, -0.1) is 0 Å². The zero-order valence-corrected chi connectivity index (χ0v) is 13.7. The average molecular weight is 325 g/mol. The zero-order valence-electron chi connectivity index (χ0n) is 12.1. The van der Waals surface area contributed by atoms with Crippen molar-refractivity contribution in [1.82, 2.24) is 10.2 Å². The molecule has 0 radical (unpaired) electrons. The van der Waals surface area contributed by atoms with Gasteiger partial charge in [-0.25, -0.2) is 0 Å². The number of benzene rings is 1. The number of hydrogen-bond donors (Lipinski definition) is 1. The topological polar surface area (TPSA) is 15.3 Å². The van der Waals surface area contributed by atoms with Gasteiger partial charge in [-0.2, -0.15) is 0 Å². The monoisotopic (exact) mass is 324 g/mol. The highest BCUT2D eigenvalue weighted by atomic mass is 79.9. The molecule has 0 amide bonds. The SMILES string of the molecule is CCCC1CCN(Cc2ccc(CNC)cc2Br)C1. The summed E-state index contributed by atoms with van der Waals surface area (Å²) < 4.78 is 1.25. The third kappa shape index (κ3) is 4.30. The summed E-state index contributed by atoms with van der Waals surface area (Å²) in [5, 5.41) is 3.19. The predicted octanol–water partition coefficient (Wildman–Crippen LogP) is 3.79. The van der Waals surface area contributed by atoms with E-state index in [1.807, 2.05) is 7.05 Å². The van der Waals surface area contributed by atoms with Gasteiger partial charge in [0.1, 0.15) is 0 Å². The summed E-state index contributed by atoms with van der Waals surface area (Å²) in [6.45, 7) is 6.84. The maximum absolute atomic E-state index is 3.72. The molecule has 1 fully saturated rings. The van der Waals surface area contributed by atoms with E-state index < -0.39 is 0 Å². The Morgan fingerprint density at radius 3 is 2.95 bits per heavy atom. The molecule has 1 aliphatic heterocycles. The lowest BCUT2D eigenvalue weighted by Gasteiger charge is -2.17. The Balaban J connectivity index is 1.92. The number of rotatable bonds is 6. The second kappa shape index (κ2) is 7.41. The molecule has 1 aliphatic rings. The minimum Gasteiger partial charge on any atom is -0.316 e. The van der Waals surface area contributed by atoms with Crippen LogP contribution in [0.3, 0.4) is 0 Å². The molecule has 3 heteroatoms. The number of nitrogens with zero attached hydrogens (tertiary/aromatic N) is 1. The lowest BCUT2D eigenvalue weighted by Crippen LogP contribution is -2.20. The van der Waals surface area contributed by atoms with Gasteiger partial charge < -0.3 is 5.32 Å². The molecule has 106 valence electrons. The van der Waals surface area contributed by atoms with Crippen molar-refractivity contribution in [3.63, 3.8) is 0 Å². The molecule has 1 heterocycles. The molecule has 1 atom stereocenters. The van der Waals surface area contributed by atoms with Gasteiger partial charge in [0.2, 0.25) is 0 Å². The Morgan fingerprint density at radius 2 is 2.26 bits per heavy atom. The summed E-state index contributed by atoms with van der Waals surface area (Å²) in [7, 11) is 1.99. The molecule has 1 saturated heterocycles. The molecule has 0 bridgehead atoms. The molecule has 1 aromatic carbocycles. The second-order valence-electron chi connectivity index (χ2n) is 5.63. The van der Waals surface area contributed by atoms with Crippen molar-refractivity contribution < 1.29 is 0 Å². The van der Waals surface area contributed by atoms with E-state index in [4.69, 9.17) is 0 Å². The number of likely N-dealkylation sites (tertiary alicyclic amines) is 1. The van der Waals surface area contributed by atoms with Gasteiger partial charge in [-0.05, 0) is 49.5 Å². The van der Waals surface area contributed by atoms with Crippen LogP contribution < -0.4 is 5.32 Å². The van der Waals surface area contributed by atoms with Crippen molar-refractivity contribution >= 4 is 15.9 Å². The smallest absolute Gasteiger partial charge is 0.0245 e. The maximum Gasteiger partial charge on any atom is 0.0245 e. The third-order valence-corrected chi connectivity index (χ3v) is 4.70. The van der Waals surface area contributed by atoms with Crippen LogP contribution in [0.1, 0.15) is 37.3 Å². The van der Waals surface area contributed by atoms with Crippen molar-refractivity contribution in [1.29, 1.82) is 0 Å². The van der Waals surface area contributed by atoms with Crippen LogP contribution in [-0.4, -0.2) is 25.0 Å². The molecule has 0 saturated carbocycles. The molecule has 2 rings (SSSR count). The van der Waals surface area contributed by atoms with Crippen LogP contribution in [-0.2, 0) is 13.1 Å². The Kier molecular flexibility index (Phi) is 5.86. The molecule has 1 N–H and O–H groups in total. The van der Waals surface area contributed by atoms with Crippen LogP contribution in [0.4, 0.5) is 0 Å². The van der Waals surface area contributed by atoms with Gasteiger partial charge in [0.25, 0.3) is 0 Å². The lowest BCUT2D eigenvalue weighted by atomic mass is 10.0. The molecular formula is C16H25BrN2. The maximum atomic E-state index is 3.72. The predicted molar refractivity (Wildman–Crippen MR) is 85.2 cm³/mol. The molecule has 0 aromatic heterocycles. The first-order chi connectivity index (χ1) is 9.22. The van der Waals surface area contributed by atoms with Crippen molar-refractivity contribution in [3.05, 3.63) is 33.8 Å². The summed E-state index contributed by atoms with van der Waals surface area (Å²) in [5.41, 5.74) is 2.75. The Bertz CT molecular complexity index is 406. The first-order valence-corrected chi connectivity index (χ1v) is 8.16. The minimum atomic E-state index is 0.923. The summed E-state index contributed by atoms with van der Waals surface area (Å²) in [5.74, 6) is 0.923. The average Bonchev–Trinajstić information content (AvgIpc) is 2.81. The largest absolute Gasteiger partial charge is 0.316 e. The van der Waals surface area contributed by atoms with E-state index in [0.717, 1.165) is 19.0 Å². The van der Waals surface area contributed by atoms with E-state index in [2.05, 4.69) is 51.3 Å². The zero-order chi connectivity index (χ0) is 13.7. The molecule has 0 spiro atoms. The molecule has 19 heavy (non-hydrogen) atoms. The quantitative estimate of drug-likeness (QED) is 0.856. The molecule has 1 unspecified atom stereocenters. The van der Waals surface area contributed by atoms with Gasteiger partial charge in [0.15, 0.2) is 0 Å². The van der Waals surface area contributed by atoms with Crippen LogP contribution in [0.2, 0.25) is 0 Å². The fourth-order valence-corrected chi connectivity index (χ4v) is 3.53. The van der Waals surface area contributed by atoms with E-state index >= 15 is 0 Å². The highest BCUT2D eigenvalue weighted by molar-refractivity contribution is 9.10. The van der Waals surface area contributed by atoms with Crippen LogP contribution in [0, 0.1) is 5.92 Å². The van der Waals surface area contributed by atoms with Crippen molar-refractivity contribution in [2.45, 2.75) is 39.3 Å². The van der Waals surface area contributed by atoms with Crippen LogP contribution in [0.15, 0.2) is 22.7 Å². The Labute approximate surface area is 125 Å².